The van der Waals surface area contributed by atoms with E-state index in [0.717, 1.165) is 13.0 Å². The number of nitrogens with zero attached hydrogens (tertiary/aromatic N) is 1. The third-order valence-electron chi connectivity index (χ3n) is 3.36. The molecule has 1 aromatic rings. The standard InChI is InChI=1S/C12H19BrN2S/c1-15(7-9-5-12(13)16-8-9)11-4-2-3-10(14)6-11/h5,8,10-11H,2-4,6-7,14H2,1H3. The number of hydrogen-bond acceptors (Lipinski definition) is 3. The molecule has 90 valence electrons. The van der Waals surface area contributed by atoms with Crippen LogP contribution in [0.3, 0.4) is 0 Å². The predicted molar refractivity (Wildman–Crippen MR) is 73.7 cm³/mol. The van der Waals surface area contributed by atoms with Gasteiger partial charge in [0.05, 0.1) is 3.79 Å². The molecule has 2 N–H and O–H groups in total. The lowest BCUT2D eigenvalue weighted by Gasteiger charge is -2.33. The van der Waals surface area contributed by atoms with E-state index in [4.69, 9.17) is 5.73 Å². The minimum absolute atomic E-state index is 0.412. The normalized spacial score (nSPS) is 26.2. The van der Waals surface area contributed by atoms with E-state index in [9.17, 15) is 0 Å². The van der Waals surface area contributed by atoms with Crippen molar-refractivity contribution >= 4 is 27.3 Å². The van der Waals surface area contributed by atoms with Crippen LogP contribution < -0.4 is 5.73 Å². The van der Waals surface area contributed by atoms with Crippen LogP contribution in [-0.2, 0) is 6.54 Å². The third kappa shape index (κ3) is 3.29. The highest BCUT2D eigenvalue weighted by molar-refractivity contribution is 9.11. The first-order valence-electron chi connectivity index (χ1n) is 5.84. The maximum absolute atomic E-state index is 6.03. The van der Waals surface area contributed by atoms with Crippen LogP contribution in [0.2, 0.25) is 0 Å². The summed E-state index contributed by atoms with van der Waals surface area (Å²) < 4.78 is 1.22. The second-order valence-corrected chi connectivity index (χ2v) is 7.05. The number of hydrogen-bond donors (Lipinski definition) is 1. The lowest BCUT2D eigenvalue weighted by atomic mass is 9.90. The molecule has 2 rings (SSSR count). The molecular weight excluding hydrogens is 284 g/mol. The minimum Gasteiger partial charge on any atom is -0.328 e. The smallest absolute Gasteiger partial charge is 0.0701 e. The van der Waals surface area contributed by atoms with Crippen LogP contribution in [0.5, 0.6) is 0 Å². The van der Waals surface area contributed by atoms with Gasteiger partial charge in [-0.2, -0.15) is 0 Å². The molecule has 0 aromatic carbocycles. The van der Waals surface area contributed by atoms with E-state index in [1.54, 1.807) is 11.3 Å². The topological polar surface area (TPSA) is 29.3 Å². The van der Waals surface area contributed by atoms with Crippen LogP contribution in [0, 0.1) is 0 Å². The average molecular weight is 303 g/mol. The van der Waals surface area contributed by atoms with Crippen molar-refractivity contribution in [2.24, 2.45) is 5.73 Å². The summed E-state index contributed by atoms with van der Waals surface area (Å²) in [6, 6.07) is 3.29. The van der Waals surface area contributed by atoms with Gasteiger partial charge in [-0.1, -0.05) is 6.42 Å². The summed E-state index contributed by atoms with van der Waals surface area (Å²) in [5, 5.41) is 2.23. The first kappa shape index (κ1) is 12.6. The fourth-order valence-electron chi connectivity index (χ4n) is 2.45. The van der Waals surface area contributed by atoms with Crippen molar-refractivity contribution in [3.05, 3.63) is 20.8 Å². The lowest BCUT2D eigenvalue weighted by Crippen LogP contribution is -2.40. The molecule has 1 fully saturated rings. The summed E-state index contributed by atoms with van der Waals surface area (Å²) in [5.41, 5.74) is 7.43. The Morgan fingerprint density at radius 3 is 3.00 bits per heavy atom. The Balaban J connectivity index is 1.89. The van der Waals surface area contributed by atoms with Gasteiger partial charge in [0.15, 0.2) is 0 Å². The molecule has 0 saturated heterocycles. The fraction of sp³-hybridized carbons (Fsp3) is 0.667. The Bertz CT molecular complexity index is 340. The van der Waals surface area contributed by atoms with Crippen LogP contribution in [0.15, 0.2) is 15.2 Å². The van der Waals surface area contributed by atoms with Crippen molar-refractivity contribution in [3.63, 3.8) is 0 Å². The van der Waals surface area contributed by atoms with Crippen molar-refractivity contribution in [2.45, 2.75) is 44.3 Å². The Morgan fingerprint density at radius 2 is 2.38 bits per heavy atom. The van der Waals surface area contributed by atoms with Crippen molar-refractivity contribution in [1.82, 2.24) is 4.90 Å². The van der Waals surface area contributed by atoms with Crippen LogP contribution >= 0.6 is 27.3 Å². The number of thiophene rings is 1. The maximum atomic E-state index is 6.03. The van der Waals surface area contributed by atoms with E-state index in [1.165, 1.54) is 28.6 Å². The molecule has 0 amide bonds. The molecule has 0 aliphatic heterocycles. The van der Waals surface area contributed by atoms with Gasteiger partial charge in [-0.05, 0) is 59.2 Å². The molecule has 1 aliphatic carbocycles. The fourth-order valence-corrected chi connectivity index (χ4v) is 3.65. The monoisotopic (exact) mass is 302 g/mol. The first-order chi connectivity index (χ1) is 7.65. The molecule has 16 heavy (non-hydrogen) atoms. The Labute approximate surface area is 110 Å². The van der Waals surface area contributed by atoms with E-state index in [1.807, 2.05) is 0 Å². The highest BCUT2D eigenvalue weighted by Crippen LogP contribution is 2.25. The van der Waals surface area contributed by atoms with E-state index in [0.29, 0.717) is 12.1 Å². The Hall–Kier alpha value is 0.1000. The molecular formula is C12H19BrN2S. The van der Waals surface area contributed by atoms with Gasteiger partial charge in [0.2, 0.25) is 0 Å². The molecule has 1 saturated carbocycles. The third-order valence-corrected chi connectivity index (χ3v) is 4.92. The zero-order valence-electron chi connectivity index (χ0n) is 9.66. The number of rotatable bonds is 3. The average Bonchev–Trinajstić information content (AvgIpc) is 2.64. The molecule has 1 heterocycles. The van der Waals surface area contributed by atoms with Gasteiger partial charge in [0, 0.05) is 18.6 Å². The summed E-state index contributed by atoms with van der Waals surface area (Å²) in [7, 11) is 2.22. The van der Waals surface area contributed by atoms with Gasteiger partial charge >= 0.3 is 0 Å². The highest BCUT2D eigenvalue weighted by atomic mass is 79.9. The molecule has 2 atom stereocenters. The van der Waals surface area contributed by atoms with Gasteiger partial charge in [-0.25, -0.2) is 0 Å². The van der Waals surface area contributed by atoms with Crippen molar-refractivity contribution in [2.75, 3.05) is 7.05 Å². The van der Waals surface area contributed by atoms with Crippen molar-refractivity contribution in [3.8, 4) is 0 Å². The SMILES string of the molecule is CN(Cc1csc(Br)c1)C1CCCC(N)C1. The van der Waals surface area contributed by atoms with Crippen LogP contribution in [-0.4, -0.2) is 24.0 Å². The lowest BCUT2D eigenvalue weighted by molar-refractivity contribution is 0.173. The molecule has 2 nitrogen and oxygen atoms in total. The second-order valence-electron chi connectivity index (χ2n) is 4.75. The summed E-state index contributed by atoms with van der Waals surface area (Å²) in [6.45, 7) is 1.04. The number of halogens is 1. The van der Waals surface area contributed by atoms with E-state index < -0.39 is 0 Å². The molecule has 4 heteroatoms. The largest absolute Gasteiger partial charge is 0.328 e. The molecule has 1 aromatic heterocycles. The quantitative estimate of drug-likeness (QED) is 0.929. The van der Waals surface area contributed by atoms with Gasteiger partial charge in [-0.3, -0.25) is 4.90 Å². The zero-order chi connectivity index (χ0) is 11.5. The van der Waals surface area contributed by atoms with Crippen LogP contribution in [0.1, 0.15) is 31.2 Å². The van der Waals surface area contributed by atoms with E-state index in [-0.39, 0.29) is 0 Å². The molecule has 2 unspecified atom stereocenters. The molecule has 1 aliphatic rings. The van der Waals surface area contributed by atoms with Gasteiger partial charge in [-0.15, -0.1) is 11.3 Å². The zero-order valence-corrected chi connectivity index (χ0v) is 12.1. The van der Waals surface area contributed by atoms with Gasteiger partial charge in [0.25, 0.3) is 0 Å². The highest BCUT2D eigenvalue weighted by Gasteiger charge is 2.22. The summed E-state index contributed by atoms with van der Waals surface area (Å²) in [4.78, 5) is 2.45. The van der Waals surface area contributed by atoms with Crippen LogP contribution in [0.4, 0.5) is 0 Å². The van der Waals surface area contributed by atoms with E-state index in [2.05, 4.69) is 39.3 Å². The molecule has 0 radical (unpaired) electrons. The molecule has 0 spiro atoms. The van der Waals surface area contributed by atoms with Gasteiger partial charge < -0.3 is 5.73 Å². The van der Waals surface area contributed by atoms with Crippen molar-refractivity contribution in [1.29, 1.82) is 0 Å². The van der Waals surface area contributed by atoms with Gasteiger partial charge in [0.1, 0.15) is 0 Å². The Morgan fingerprint density at radius 1 is 1.56 bits per heavy atom. The summed E-state index contributed by atoms with van der Waals surface area (Å²) >= 11 is 5.27. The number of nitrogens with two attached hydrogens (primary N) is 1. The van der Waals surface area contributed by atoms with E-state index >= 15 is 0 Å². The minimum atomic E-state index is 0.412. The van der Waals surface area contributed by atoms with Crippen LogP contribution in [0.25, 0.3) is 0 Å². The van der Waals surface area contributed by atoms with Crippen molar-refractivity contribution < 1.29 is 0 Å². The molecule has 0 bridgehead atoms. The summed E-state index contributed by atoms with van der Waals surface area (Å²) in [5.74, 6) is 0. The predicted octanol–water partition coefficient (Wildman–Crippen LogP) is 3.21. The first-order valence-corrected chi connectivity index (χ1v) is 7.51. The maximum Gasteiger partial charge on any atom is 0.0701 e. The summed E-state index contributed by atoms with van der Waals surface area (Å²) in [6.07, 6.45) is 4.94. The second kappa shape index (κ2) is 5.63. The Kier molecular flexibility index (Phi) is 4.41.